The van der Waals surface area contributed by atoms with Crippen molar-refractivity contribution in [1.82, 2.24) is 14.8 Å². The molecule has 1 saturated heterocycles. The number of benzene rings is 1. The summed E-state index contributed by atoms with van der Waals surface area (Å²) in [6, 6.07) is 6.39. The largest absolute Gasteiger partial charge is 0.495 e. The number of nitrogens with zero attached hydrogens (tertiary/aromatic N) is 2. The van der Waals surface area contributed by atoms with Crippen molar-refractivity contribution in [2.45, 2.75) is 51.6 Å². The Morgan fingerprint density at radius 3 is 2.81 bits per heavy atom. The topological polar surface area (TPSA) is 46.5 Å². The number of hydrogen-bond donors (Lipinski definition) is 1. The molecule has 0 bridgehead atoms. The molecule has 1 saturated carbocycles. The van der Waals surface area contributed by atoms with E-state index in [0.717, 1.165) is 48.4 Å². The van der Waals surface area contributed by atoms with Crippen LogP contribution in [0.25, 0.3) is 10.9 Å². The molecule has 0 radical (unpaired) electrons. The molecule has 1 aromatic heterocycles. The van der Waals surface area contributed by atoms with E-state index in [1.54, 1.807) is 7.11 Å². The quantitative estimate of drug-likeness (QED) is 0.895. The van der Waals surface area contributed by atoms with Crippen molar-refractivity contribution < 1.29 is 9.53 Å². The molecule has 2 aliphatic rings. The fourth-order valence-corrected chi connectivity index (χ4v) is 4.74. The highest BCUT2D eigenvalue weighted by Gasteiger charge is 2.26. The van der Waals surface area contributed by atoms with E-state index in [0.29, 0.717) is 12.0 Å². The molecule has 2 aromatic rings. The summed E-state index contributed by atoms with van der Waals surface area (Å²) in [6.07, 6.45) is 8.66. The van der Waals surface area contributed by atoms with E-state index in [4.69, 9.17) is 4.74 Å². The molecule has 146 valence electrons. The molecule has 27 heavy (non-hydrogen) atoms. The molecule has 1 N–H and O–H groups in total. The van der Waals surface area contributed by atoms with E-state index in [-0.39, 0.29) is 5.91 Å². The number of fused-ring (bicyclic) bond motifs is 1. The maximum Gasteiger partial charge on any atom is 0.256 e. The number of para-hydroxylation sites is 1. The second kappa shape index (κ2) is 7.93. The average Bonchev–Trinajstić information content (AvgIpc) is 3.07. The first-order valence-corrected chi connectivity index (χ1v) is 10.4. The van der Waals surface area contributed by atoms with Crippen LogP contribution in [-0.2, 0) is 6.54 Å². The van der Waals surface area contributed by atoms with Crippen molar-refractivity contribution in [3.05, 3.63) is 30.0 Å². The average molecular weight is 370 g/mol. The lowest BCUT2D eigenvalue weighted by Crippen LogP contribution is -2.51. The van der Waals surface area contributed by atoms with Gasteiger partial charge in [0.1, 0.15) is 5.75 Å². The van der Waals surface area contributed by atoms with Crippen molar-refractivity contribution in [2.24, 2.45) is 5.92 Å². The van der Waals surface area contributed by atoms with Crippen LogP contribution in [-0.4, -0.2) is 48.2 Å². The van der Waals surface area contributed by atoms with Crippen LogP contribution in [0.5, 0.6) is 5.75 Å². The molecule has 2 fully saturated rings. The Kier molecular flexibility index (Phi) is 5.39. The van der Waals surface area contributed by atoms with Gasteiger partial charge < -0.3 is 19.5 Å². The van der Waals surface area contributed by atoms with Crippen molar-refractivity contribution in [3.8, 4) is 5.75 Å². The Morgan fingerprint density at radius 2 is 2.07 bits per heavy atom. The number of nitrogens with one attached hydrogen (secondary N) is 1. The van der Waals surface area contributed by atoms with Crippen molar-refractivity contribution >= 4 is 16.8 Å². The summed E-state index contributed by atoms with van der Waals surface area (Å²) in [6.45, 7) is 5.49. The molecule has 0 spiro atoms. The van der Waals surface area contributed by atoms with Gasteiger partial charge in [0.25, 0.3) is 5.91 Å². The molecule has 5 nitrogen and oxygen atoms in total. The van der Waals surface area contributed by atoms with Gasteiger partial charge in [-0.3, -0.25) is 4.79 Å². The van der Waals surface area contributed by atoms with Crippen LogP contribution in [0, 0.1) is 5.92 Å². The first kappa shape index (κ1) is 18.4. The predicted octanol–water partition coefficient (Wildman–Crippen LogP) is 3.66. The second-order valence-electron chi connectivity index (χ2n) is 8.16. The highest BCUT2D eigenvalue weighted by Crippen LogP contribution is 2.33. The van der Waals surface area contributed by atoms with Gasteiger partial charge in [0.15, 0.2) is 0 Å². The first-order valence-electron chi connectivity index (χ1n) is 10.4. The van der Waals surface area contributed by atoms with Gasteiger partial charge in [-0.15, -0.1) is 0 Å². The molecule has 5 heteroatoms. The fraction of sp³-hybridized carbons (Fsp3) is 0.591. The Bertz CT molecular complexity index is 807. The highest BCUT2D eigenvalue weighted by atomic mass is 16.5. The number of rotatable bonds is 4. The number of amides is 1. The Balaban J connectivity index is 1.71. The van der Waals surface area contributed by atoms with Crippen molar-refractivity contribution in [1.29, 1.82) is 0 Å². The van der Waals surface area contributed by atoms with E-state index >= 15 is 0 Å². The Labute approximate surface area is 161 Å². The molecular weight excluding hydrogens is 338 g/mol. The highest BCUT2D eigenvalue weighted by molar-refractivity contribution is 6.08. The maximum atomic E-state index is 13.3. The SMILES string of the molecule is COc1cccc2c(C(=O)N3CCN[C@H](C)C3)cn(CC3CCCCC3)c12. The minimum Gasteiger partial charge on any atom is -0.495 e. The second-order valence-corrected chi connectivity index (χ2v) is 8.16. The third-order valence-corrected chi connectivity index (χ3v) is 6.15. The van der Waals surface area contributed by atoms with Crippen LogP contribution in [0.1, 0.15) is 49.4 Å². The third kappa shape index (κ3) is 3.70. The summed E-state index contributed by atoms with van der Waals surface area (Å²) in [7, 11) is 1.71. The summed E-state index contributed by atoms with van der Waals surface area (Å²) in [5, 5.41) is 4.43. The smallest absolute Gasteiger partial charge is 0.256 e. The molecule has 1 aliphatic carbocycles. The molecule has 1 aliphatic heterocycles. The molecule has 0 unspecified atom stereocenters. The lowest BCUT2D eigenvalue weighted by Gasteiger charge is -2.31. The Morgan fingerprint density at radius 1 is 1.26 bits per heavy atom. The van der Waals surface area contributed by atoms with Crippen LogP contribution in [0.15, 0.2) is 24.4 Å². The zero-order chi connectivity index (χ0) is 18.8. The monoisotopic (exact) mass is 369 g/mol. The summed E-state index contributed by atoms with van der Waals surface area (Å²) < 4.78 is 7.94. The van der Waals surface area contributed by atoms with E-state index < -0.39 is 0 Å². The standard InChI is InChI=1S/C22H31N3O2/c1-16-13-24(12-11-23-16)22(26)19-15-25(14-17-7-4-3-5-8-17)21-18(19)9-6-10-20(21)27-2/h6,9-10,15-17,23H,3-5,7-8,11-14H2,1-2H3/t16-/m1/s1. The van der Waals surface area contributed by atoms with Gasteiger partial charge >= 0.3 is 0 Å². The first-order chi connectivity index (χ1) is 13.2. The van der Waals surface area contributed by atoms with E-state index in [9.17, 15) is 4.79 Å². The molecule has 1 amide bonds. The summed E-state index contributed by atoms with van der Waals surface area (Å²) in [5.41, 5.74) is 1.88. The molecule has 1 atom stereocenters. The van der Waals surface area contributed by atoms with Gasteiger partial charge in [-0.1, -0.05) is 31.4 Å². The minimum absolute atomic E-state index is 0.143. The van der Waals surface area contributed by atoms with Crippen LogP contribution in [0.2, 0.25) is 0 Å². The summed E-state index contributed by atoms with van der Waals surface area (Å²) >= 11 is 0. The van der Waals surface area contributed by atoms with E-state index in [1.165, 1.54) is 32.1 Å². The molecule has 4 rings (SSSR count). The van der Waals surface area contributed by atoms with Gasteiger partial charge in [0.2, 0.25) is 0 Å². The van der Waals surface area contributed by atoms with Gasteiger partial charge in [-0.2, -0.15) is 0 Å². The Hall–Kier alpha value is -2.01. The van der Waals surface area contributed by atoms with Crippen LogP contribution < -0.4 is 10.1 Å². The number of hydrogen-bond acceptors (Lipinski definition) is 3. The lowest BCUT2D eigenvalue weighted by molar-refractivity contribution is 0.0710. The zero-order valence-corrected chi connectivity index (χ0v) is 16.5. The van der Waals surface area contributed by atoms with Gasteiger partial charge in [-0.25, -0.2) is 0 Å². The number of methoxy groups -OCH3 is 1. The summed E-state index contributed by atoms with van der Waals surface area (Å²) in [4.78, 5) is 15.3. The minimum atomic E-state index is 0.143. The van der Waals surface area contributed by atoms with E-state index in [2.05, 4.69) is 29.1 Å². The molecular formula is C22H31N3O2. The van der Waals surface area contributed by atoms with Crippen molar-refractivity contribution in [3.63, 3.8) is 0 Å². The molecule has 2 heterocycles. The van der Waals surface area contributed by atoms with Crippen LogP contribution in [0.3, 0.4) is 0 Å². The predicted molar refractivity (Wildman–Crippen MR) is 108 cm³/mol. The number of carbonyl (C=O) groups is 1. The fourth-order valence-electron chi connectivity index (χ4n) is 4.74. The maximum absolute atomic E-state index is 13.3. The molecule has 1 aromatic carbocycles. The van der Waals surface area contributed by atoms with Gasteiger partial charge in [0, 0.05) is 43.8 Å². The third-order valence-electron chi connectivity index (χ3n) is 6.15. The van der Waals surface area contributed by atoms with Crippen LogP contribution in [0.4, 0.5) is 0 Å². The van der Waals surface area contributed by atoms with Gasteiger partial charge in [-0.05, 0) is 31.7 Å². The number of carbonyl (C=O) groups excluding carboxylic acids is 1. The van der Waals surface area contributed by atoms with E-state index in [1.807, 2.05) is 17.0 Å². The number of piperazine rings is 1. The van der Waals surface area contributed by atoms with Crippen LogP contribution >= 0.6 is 0 Å². The summed E-state index contributed by atoms with van der Waals surface area (Å²) in [5.74, 6) is 1.70. The lowest BCUT2D eigenvalue weighted by atomic mass is 9.89. The zero-order valence-electron chi connectivity index (χ0n) is 16.5. The normalized spacial score (nSPS) is 21.6. The number of ether oxygens (including phenoxy) is 1. The number of aromatic nitrogens is 1. The van der Waals surface area contributed by atoms with Gasteiger partial charge in [0.05, 0.1) is 18.2 Å². The van der Waals surface area contributed by atoms with Crippen molar-refractivity contribution in [2.75, 3.05) is 26.7 Å².